The van der Waals surface area contributed by atoms with Crippen molar-refractivity contribution in [2.24, 2.45) is 0 Å². The molecule has 1 aromatic heterocycles. The molecule has 1 atom stereocenters. The van der Waals surface area contributed by atoms with Gasteiger partial charge in [-0.1, -0.05) is 0 Å². The Labute approximate surface area is 137 Å². The summed E-state index contributed by atoms with van der Waals surface area (Å²) in [6, 6.07) is 1.88. The Morgan fingerprint density at radius 3 is 2.50 bits per heavy atom. The number of imide groups is 1. The standard InChI is InChI=1S/C15H18N4O5/c20-12-4-3-10(16-15(23)17-12)13(21)18-5-7-19(8-6-18)14(22)11-2-1-9-24-11/h1-2,9-10H,3-8H2,(H2,16,17,20,23)/t10-/m1/s1. The first kappa shape index (κ1) is 16.0. The van der Waals surface area contributed by atoms with Crippen molar-refractivity contribution in [1.82, 2.24) is 20.4 Å². The van der Waals surface area contributed by atoms with Crippen LogP contribution in [0.4, 0.5) is 4.79 Å². The second kappa shape index (κ2) is 6.73. The largest absolute Gasteiger partial charge is 0.459 e. The van der Waals surface area contributed by atoms with Crippen molar-refractivity contribution < 1.29 is 23.6 Å². The van der Waals surface area contributed by atoms with E-state index in [0.29, 0.717) is 26.2 Å². The van der Waals surface area contributed by atoms with E-state index in [-0.39, 0.29) is 30.4 Å². The number of nitrogens with zero attached hydrogens (tertiary/aromatic N) is 2. The molecule has 0 saturated carbocycles. The smallest absolute Gasteiger partial charge is 0.322 e. The van der Waals surface area contributed by atoms with E-state index in [0.717, 1.165) is 0 Å². The number of piperazine rings is 1. The minimum absolute atomic E-state index is 0.117. The average Bonchev–Trinajstić information content (AvgIpc) is 3.06. The van der Waals surface area contributed by atoms with Crippen LogP contribution in [0.2, 0.25) is 0 Å². The van der Waals surface area contributed by atoms with Gasteiger partial charge in [0.1, 0.15) is 6.04 Å². The van der Waals surface area contributed by atoms with Crippen LogP contribution in [0.5, 0.6) is 0 Å². The molecular weight excluding hydrogens is 316 g/mol. The summed E-state index contributed by atoms with van der Waals surface area (Å²) in [5, 5.41) is 4.65. The van der Waals surface area contributed by atoms with Crippen molar-refractivity contribution in [1.29, 1.82) is 0 Å². The molecule has 0 spiro atoms. The van der Waals surface area contributed by atoms with Crippen LogP contribution in [0.25, 0.3) is 0 Å². The van der Waals surface area contributed by atoms with Gasteiger partial charge in [0.05, 0.1) is 6.26 Å². The molecule has 2 aliphatic rings. The van der Waals surface area contributed by atoms with E-state index >= 15 is 0 Å². The highest BCUT2D eigenvalue weighted by Crippen LogP contribution is 2.12. The first-order valence-corrected chi connectivity index (χ1v) is 7.76. The van der Waals surface area contributed by atoms with E-state index in [1.165, 1.54) is 6.26 Å². The number of carbonyl (C=O) groups excluding carboxylic acids is 4. The van der Waals surface area contributed by atoms with Crippen molar-refractivity contribution >= 4 is 23.8 Å². The predicted molar refractivity (Wildman–Crippen MR) is 80.9 cm³/mol. The van der Waals surface area contributed by atoms with Gasteiger partial charge in [-0.25, -0.2) is 4.79 Å². The highest BCUT2D eigenvalue weighted by molar-refractivity contribution is 5.98. The lowest BCUT2D eigenvalue weighted by atomic mass is 10.1. The number of carbonyl (C=O) groups is 4. The zero-order chi connectivity index (χ0) is 17.1. The van der Waals surface area contributed by atoms with Crippen molar-refractivity contribution in [3.05, 3.63) is 24.2 Å². The molecule has 9 heteroatoms. The lowest BCUT2D eigenvalue weighted by Crippen LogP contribution is -2.56. The Morgan fingerprint density at radius 1 is 1.12 bits per heavy atom. The molecule has 2 N–H and O–H groups in total. The van der Waals surface area contributed by atoms with Gasteiger partial charge in [-0.05, 0) is 18.6 Å². The summed E-state index contributed by atoms with van der Waals surface area (Å²) in [7, 11) is 0. The second-order valence-electron chi connectivity index (χ2n) is 5.71. The highest BCUT2D eigenvalue weighted by atomic mass is 16.3. The fourth-order valence-corrected chi connectivity index (χ4v) is 2.82. The summed E-state index contributed by atoms with van der Waals surface area (Å²) in [6.45, 7) is 1.53. The molecule has 0 radical (unpaired) electrons. The predicted octanol–water partition coefficient (Wildman–Crippen LogP) is -0.448. The van der Waals surface area contributed by atoms with Gasteiger partial charge in [0, 0.05) is 32.6 Å². The van der Waals surface area contributed by atoms with E-state index in [2.05, 4.69) is 10.6 Å². The number of hydrogen-bond acceptors (Lipinski definition) is 5. The Kier molecular flexibility index (Phi) is 4.50. The van der Waals surface area contributed by atoms with Crippen molar-refractivity contribution in [2.75, 3.05) is 26.2 Å². The van der Waals surface area contributed by atoms with Crippen LogP contribution in [0, 0.1) is 0 Å². The third-order valence-electron chi connectivity index (χ3n) is 4.13. The summed E-state index contributed by atoms with van der Waals surface area (Å²) in [5.74, 6) is -0.554. The Bertz CT molecular complexity index is 649. The topological polar surface area (TPSA) is 112 Å². The quantitative estimate of drug-likeness (QED) is 0.761. The van der Waals surface area contributed by atoms with Gasteiger partial charge >= 0.3 is 6.03 Å². The fraction of sp³-hybridized carbons (Fsp3) is 0.467. The Morgan fingerprint density at radius 2 is 1.83 bits per heavy atom. The van der Waals surface area contributed by atoms with Crippen LogP contribution in [-0.2, 0) is 9.59 Å². The van der Waals surface area contributed by atoms with E-state index < -0.39 is 18.0 Å². The third-order valence-corrected chi connectivity index (χ3v) is 4.13. The van der Waals surface area contributed by atoms with Crippen LogP contribution in [0.1, 0.15) is 23.4 Å². The average molecular weight is 334 g/mol. The van der Waals surface area contributed by atoms with Gasteiger partial charge in [0.15, 0.2) is 5.76 Å². The Balaban J connectivity index is 1.56. The summed E-state index contributed by atoms with van der Waals surface area (Å²) in [6.07, 6.45) is 1.82. The molecule has 2 saturated heterocycles. The molecule has 1 aromatic rings. The van der Waals surface area contributed by atoms with E-state index in [1.54, 1.807) is 21.9 Å². The SMILES string of the molecule is O=C1CC[C@H](C(=O)N2CCN(C(=O)c3ccco3)CC2)NC(=O)N1. The number of urea groups is 1. The molecular formula is C15H18N4O5. The molecule has 2 fully saturated rings. The van der Waals surface area contributed by atoms with Crippen LogP contribution < -0.4 is 10.6 Å². The number of furan rings is 1. The van der Waals surface area contributed by atoms with E-state index in [1.807, 2.05) is 0 Å². The summed E-state index contributed by atoms with van der Waals surface area (Å²) in [5.41, 5.74) is 0. The fourth-order valence-electron chi connectivity index (χ4n) is 2.82. The minimum Gasteiger partial charge on any atom is -0.459 e. The van der Waals surface area contributed by atoms with Gasteiger partial charge in [0.2, 0.25) is 11.8 Å². The maximum absolute atomic E-state index is 12.5. The van der Waals surface area contributed by atoms with Crippen LogP contribution in [0.3, 0.4) is 0 Å². The summed E-state index contributed by atoms with van der Waals surface area (Å²) >= 11 is 0. The summed E-state index contributed by atoms with van der Waals surface area (Å²) < 4.78 is 5.10. The molecule has 0 bridgehead atoms. The van der Waals surface area contributed by atoms with Gasteiger partial charge in [-0.2, -0.15) is 0 Å². The molecule has 2 aliphatic heterocycles. The van der Waals surface area contributed by atoms with Crippen molar-refractivity contribution in [2.45, 2.75) is 18.9 Å². The van der Waals surface area contributed by atoms with Gasteiger partial charge in [-0.15, -0.1) is 0 Å². The van der Waals surface area contributed by atoms with Crippen LogP contribution in [0.15, 0.2) is 22.8 Å². The van der Waals surface area contributed by atoms with Gasteiger partial charge in [0.25, 0.3) is 5.91 Å². The molecule has 128 valence electrons. The molecule has 0 aromatic carbocycles. The molecule has 9 nitrogen and oxygen atoms in total. The maximum Gasteiger partial charge on any atom is 0.322 e. The summed E-state index contributed by atoms with van der Waals surface area (Å²) in [4.78, 5) is 50.7. The van der Waals surface area contributed by atoms with Crippen LogP contribution in [-0.4, -0.2) is 65.8 Å². The highest BCUT2D eigenvalue weighted by Gasteiger charge is 2.32. The molecule has 0 aliphatic carbocycles. The molecule has 3 rings (SSSR count). The Hall–Kier alpha value is -2.84. The monoisotopic (exact) mass is 334 g/mol. The molecule has 5 amide bonds. The van der Waals surface area contributed by atoms with E-state index in [4.69, 9.17) is 4.42 Å². The number of nitrogens with one attached hydrogen (secondary N) is 2. The maximum atomic E-state index is 12.5. The number of hydrogen-bond donors (Lipinski definition) is 2. The van der Waals surface area contributed by atoms with Crippen molar-refractivity contribution in [3.8, 4) is 0 Å². The minimum atomic E-state index is -0.719. The van der Waals surface area contributed by atoms with Crippen LogP contribution >= 0.6 is 0 Å². The first-order valence-electron chi connectivity index (χ1n) is 7.76. The zero-order valence-corrected chi connectivity index (χ0v) is 13.0. The normalized spacial score (nSPS) is 21.8. The lowest BCUT2D eigenvalue weighted by molar-refractivity contribution is -0.134. The zero-order valence-electron chi connectivity index (χ0n) is 13.0. The van der Waals surface area contributed by atoms with Crippen molar-refractivity contribution in [3.63, 3.8) is 0 Å². The van der Waals surface area contributed by atoms with Gasteiger partial charge in [-0.3, -0.25) is 19.7 Å². The van der Waals surface area contributed by atoms with Gasteiger partial charge < -0.3 is 19.5 Å². The van der Waals surface area contributed by atoms with E-state index in [9.17, 15) is 19.2 Å². The molecule has 3 heterocycles. The lowest BCUT2D eigenvalue weighted by Gasteiger charge is -2.35. The third kappa shape index (κ3) is 3.39. The number of amides is 5. The first-order chi connectivity index (χ1) is 11.5. The molecule has 24 heavy (non-hydrogen) atoms. The second-order valence-corrected chi connectivity index (χ2v) is 5.71. The molecule has 0 unspecified atom stereocenters. The number of rotatable bonds is 2.